The molecule has 19 heavy (non-hydrogen) atoms. The third-order valence-corrected chi connectivity index (χ3v) is 4.94. The normalized spacial score (nSPS) is 11.5. The Hall–Kier alpha value is -1.23. The first-order valence-corrected chi connectivity index (χ1v) is 8.08. The molecule has 0 unspecified atom stereocenters. The number of nitrogens with one attached hydrogen (secondary N) is 1. The first-order valence-electron chi connectivity index (χ1n) is 6.39. The highest BCUT2D eigenvalue weighted by atomic mass is 32.1. The first kappa shape index (κ1) is 12.8. The summed E-state index contributed by atoms with van der Waals surface area (Å²) in [7, 11) is 0. The Morgan fingerprint density at radius 1 is 1.26 bits per heavy atom. The first-order chi connectivity index (χ1) is 9.24. The lowest BCUT2D eigenvalue weighted by atomic mass is 10.2. The van der Waals surface area contributed by atoms with Crippen LogP contribution in [0.5, 0.6) is 0 Å². The lowest BCUT2D eigenvalue weighted by Crippen LogP contribution is -2.21. The number of aromatic nitrogens is 1. The van der Waals surface area contributed by atoms with Crippen LogP contribution in [0.25, 0.3) is 20.7 Å². The predicted octanol–water partition coefficient (Wildman–Crippen LogP) is 4.52. The van der Waals surface area contributed by atoms with Crippen LogP contribution < -0.4 is 5.32 Å². The number of hydrogen-bond donors (Lipinski definition) is 1. The van der Waals surface area contributed by atoms with E-state index in [9.17, 15) is 0 Å². The van der Waals surface area contributed by atoms with E-state index in [1.165, 1.54) is 20.5 Å². The molecular weight excluding hydrogens is 272 g/mol. The van der Waals surface area contributed by atoms with E-state index in [0.717, 1.165) is 11.6 Å². The molecule has 3 aromatic rings. The van der Waals surface area contributed by atoms with Gasteiger partial charge in [0.25, 0.3) is 0 Å². The van der Waals surface area contributed by atoms with Crippen molar-refractivity contribution in [2.45, 2.75) is 26.4 Å². The van der Waals surface area contributed by atoms with Gasteiger partial charge in [-0.3, -0.25) is 0 Å². The van der Waals surface area contributed by atoms with Gasteiger partial charge in [-0.15, -0.1) is 22.7 Å². The van der Waals surface area contributed by atoms with E-state index < -0.39 is 0 Å². The minimum absolute atomic E-state index is 0.507. The minimum Gasteiger partial charge on any atom is -0.310 e. The van der Waals surface area contributed by atoms with Gasteiger partial charge in [-0.05, 0) is 6.07 Å². The molecule has 0 aliphatic heterocycles. The van der Waals surface area contributed by atoms with Gasteiger partial charge in [0.2, 0.25) is 0 Å². The summed E-state index contributed by atoms with van der Waals surface area (Å²) >= 11 is 3.57. The molecule has 98 valence electrons. The predicted molar refractivity (Wildman–Crippen MR) is 84.9 cm³/mol. The minimum atomic E-state index is 0.507. The maximum atomic E-state index is 4.57. The summed E-state index contributed by atoms with van der Waals surface area (Å²) in [5, 5.41) is 8.08. The van der Waals surface area contributed by atoms with E-state index in [1.807, 2.05) is 6.20 Å². The molecule has 0 bridgehead atoms. The van der Waals surface area contributed by atoms with Crippen LogP contribution in [0.15, 0.2) is 35.8 Å². The van der Waals surface area contributed by atoms with Crippen molar-refractivity contribution in [1.29, 1.82) is 0 Å². The van der Waals surface area contributed by atoms with Crippen LogP contribution in [0.4, 0.5) is 0 Å². The topological polar surface area (TPSA) is 24.9 Å². The highest BCUT2D eigenvalue weighted by molar-refractivity contribution is 7.19. The Labute approximate surface area is 121 Å². The summed E-state index contributed by atoms with van der Waals surface area (Å²) in [5.41, 5.74) is 1.27. The third-order valence-electron chi connectivity index (χ3n) is 2.95. The summed E-state index contributed by atoms with van der Waals surface area (Å²) < 4.78 is 1.33. The second-order valence-corrected chi connectivity index (χ2v) is 6.84. The van der Waals surface area contributed by atoms with Crippen molar-refractivity contribution in [3.8, 4) is 10.6 Å². The van der Waals surface area contributed by atoms with Crippen LogP contribution in [-0.4, -0.2) is 11.0 Å². The molecular formula is C15H16N2S2. The van der Waals surface area contributed by atoms with E-state index in [0.29, 0.717) is 6.04 Å². The lowest BCUT2D eigenvalue weighted by Gasteiger charge is -2.04. The van der Waals surface area contributed by atoms with Crippen LogP contribution in [0.1, 0.15) is 18.7 Å². The zero-order valence-corrected chi connectivity index (χ0v) is 12.6. The molecule has 3 rings (SSSR count). The van der Waals surface area contributed by atoms with Crippen molar-refractivity contribution in [2.75, 3.05) is 0 Å². The quantitative estimate of drug-likeness (QED) is 0.763. The molecule has 0 amide bonds. The van der Waals surface area contributed by atoms with Crippen molar-refractivity contribution in [3.63, 3.8) is 0 Å². The second-order valence-electron chi connectivity index (χ2n) is 4.81. The van der Waals surface area contributed by atoms with E-state index >= 15 is 0 Å². The average Bonchev–Trinajstić information content (AvgIpc) is 3.02. The maximum absolute atomic E-state index is 4.57. The van der Waals surface area contributed by atoms with Crippen molar-refractivity contribution < 1.29 is 0 Å². The highest BCUT2D eigenvalue weighted by Gasteiger charge is 2.10. The fourth-order valence-corrected chi connectivity index (χ4v) is 3.88. The number of nitrogens with zero attached hydrogens (tertiary/aromatic N) is 1. The Balaban J connectivity index is 1.90. The Kier molecular flexibility index (Phi) is 3.64. The van der Waals surface area contributed by atoms with E-state index in [4.69, 9.17) is 0 Å². The fraction of sp³-hybridized carbons (Fsp3) is 0.267. The van der Waals surface area contributed by atoms with Gasteiger partial charge < -0.3 is 5.32 Å². The highest BCUT2D eigenvalue weighted by Crippen LogP contribution is 2.35. The molecule has 0 aliphatic carbocycles. The van der Waals surface area contributed by atoms with Crippen molar-refractivity contribution in [3.05, 3.63) is 40.7 Å². The molecule has 0 spiro atoms. The molecule has 2 heterocycles. The Morgan fingerprint density at radius 3 is 2.95 bits per heavy atom. The van der Waals surface area contributed by atoms with Gasteiger partial charge >= 0.3 is 0 Å². The number of hydrogen-bond acceptors (Lipinski definition) is 4. The summed E-state index contributed by atoms with van der Waals surface area (Å²) in [6, 6.07) is 9.02. The van der Waals surface area contributed by atoms with Crippen LogP contribution in [0.2, 0.25) is 0 Å². The van der Waals surface area contributed by atoms with Crippen molar-refractivity contribution in [1.82, 2.24) is 10.3 Å². The smallest absolute Gasteiger partial charge is 0.125 e. The number of thiophene rings is 1. The van der Waals surface area contributed by atoms with E-state index in [2.05, 4.69) is 53.8 Å². The van der Waals surface area contributed by atoms with Crippen LogP contribution in [0, 0.1) is 0 Å². The maximum Gasteiger partial charge on any atom is 0.125 e. The number of thiazole rings is 1. The molecule has 2 aromatic heterocycles. The molecule has 2 nitrogen and oxygen atoms in total. The van der Waals surface area contributed by atoms with E-state index in [1.54, 1.807) is 22.7 Å². The van der Waals surface area contributed by atoms with Gasteiger partial charge in [0.1, 0.15) is 5.01 Å². The SMILES string of the molecule is CC(C)NCc1cnc(-c2csc3ccccc23)s1. The number of rotatable bonds is 4. The summed E-state index contributed by atoms with van der Waals surface area (Å²) in [5.74, 6) is 0. The monoisotopic (exact) mass is 288 g/mol. The summed E-state index contributed by atoms with van der Waals surface area (Å²) in [6.45, 7) is 5.22. The number of benzene rings is 1. The zero-order valence-electron chi connectivity index (χ0n) is 11.0. The summed E-state index contributed by atoms with van der Waals surface area (Å²) in [4.78, 5) is 5.86. The van der Waals surface area contributed by atoms with Crippen molar-refractivity contribution in [2.24, 2.45) is 0 Å². The van der Waals surface area contributed by atoms with Crippen LogP contribution >= 0.6 is 22.7 Å². The number of fused-ring (bicyclic) bond motifs is 1. The van der Waals surface area contributed by atoms with Gasteiger partial charge in [0.15, 0.2) is 0 Å². The average molecular weight is 288 g/mol. The molecule has 0 aliphatic rings. The van der Waals surface area contributed by atoms with E-state index in [-0.39, 0.29) is 0 Å². The zero-order chi connectivity index (χ0) is 13.2. The second kappa shape index (κ2) is 5.41. The third kappa shape index (κ3) is 2.71. The molecule has 0 fully saturated rings. The van der Waals surface area contributed by atoms with Crippen LogP contribution in [0.3, 0.4) is 0 Å². The molecule has 4 heteroatoms. The van der Waals surface area contributed by atoms with Gasteiger partial charge in [0, 0.05) is 44.7 Å². The molecule has 1 aromatic carbocycles. The van der Waals surface area contributed by atoms with Gasteiger partial charge in [0.05, 0.1) is 0 Å². The van der Waals surface area contributed by atoms with Crippen LogP contribution in [-0.2, 0) is 6.54 Å². The van der Waals surface area contributed by atoms with Gasteiger partial charge in [-0.1, -0.05) is 32.0 Å². The fourth-order valence-electron chi connectivity index (χ4n) is 1.96. The summed E-state index contributed by atoms with van der Waals surface area (Å²) in [6.07, 6.45) is 1.99. The lowest BCUT2D eigenvalue weighted by molar-refractivity contribution is 0.593. The van der Waals surface area contributed by atoms with Crippen molar-refractivity contribution >= 4 is 32.8 Å². The standard InChI is InChI=1S/C15H16N2S2/c1-10(2)16-7-11-8-17-15(19-11)13-9-18-14-6-4-3-5-12(13)14/h3-6,8-10,16H,7H2,1-2H3. The molecule has 1 N–H and O–H groups in total. The molecule has 0 atom stereocenters. The van der Waals surface area contributed by atoms with Gasteiger partial charge in [-0.25, -0.2) is 4.98 Å². The Morgan fingerprint density at radius 2 is 2.11 bits per heavy atom. The molecule has 0 saturated heterocycles. The largest absolute Gasteiger partial charge is 0.310 e. The Bertz CT molecular complexity index is 682. The molecule has 0 radical (unpaired) electrons. The molecule has 0 saturated carbocycles. The van der Waals surface area contributed by atoms with Gasteiger partial charge in [-0.2, -0.15) is 0 Å².